The number of ether oxygens (including phenoxy) is 1. The number of hydrogen-bond acceptors (Lipinski definition) is 3. The molecule has 0 aliphatic heterocycles. The highest BCUT2D eigenvalue weighted by Gasteiger charge is 2.16. The van der Waals surface area contributed by atoms with E-state index in [1.165, 1.54) is 32.1 Å². The Labute approximate surface area is 143 Å². The average molecular weight is 324 g/mol. The molecule has 0 saturated heterocycles. The van der Waals surface area contributed by atoms with Gasteiger partial charge in [0.15, 0.2) is 11.6 Å². The van der Waals surface area contributed by atoms with E-state index in [1.54, 1.807) is 6.20 Å². The Bertz CT molecular complexity index is 694. The molecule has 4 nitrogen and oxygen atoms in total. The first-order valence-electron chi connectivity index (χ1n) is 8.69. The summed E-state index contributed by atoms with van der Waals surface area (Å²) in [7, 11) is 0. The number of hydrogen-bond donors (Lipinski definition) is 1. The summed E-state index contributed by atoms with van der Waals surface area (Å²) in [6.45, 7) is 2.62. The molecule has 1 fully saturated rings. The van der Waals surface area contributed by atoms with E-state index in [2.05, 4.69) is 10.3 Å². The molecule has 24 heavy (non-hydrogen) atoms. The van der Waals surface area contributed by atoms with E-state index in [1.807, 2.05) is 43.3 Å². The van der Waals surface area contributed by atoms with E-state index in [0.717, 1.165) is 5.56 Å². The van der Waals surface area contributed by atoms with Crippen LogP contribution in [0, 0.1) is 12.8 Å². The molecular weight excluding hydrogens is 300 g/mol. The minimum absolute atomic E-state index is 0.158. The summed E-state index contributed by atoms with van der Waals surface area (Å²) in [6.07, 6.45) is 8.04. The number of nitrogens with zero attached hydrogens (tertiary/aromatic N) is 1. The first-order chi connectivity index (χ1) is 11.7. The molecule has 1 aromatic heterocycles. The van der Waals surface area contributed by atoms with Crippen LogP contribution in [0.5, 0.6) is 5.75 Å². The van der Waals surface area contributed by atoms with Gasteiger partial charge < -0.3 is 10.1 Å². The molecule has 0 spiro atoms. The SMILES string of the molecule is Cc1ccccc1C(=O)Nc1ncccc1OCC1CCCCC1. The lowest BCUT2D eigenvalue weighted by molar-refractivity contribution is 0.102. The Balaban J connectivity index is 1.67. The van der Waals surface area contributed by atoms with Gasteiger partial charge in [-0.05, 0) is 49.4 Å². The molecule has 1 aliphatic carbocycles. The van der Waals surface area contributed by atoms with Crippen LogP contribution >= 0.6 is 0 Å². The molecule has 1 saturated carbocycles. The van der Waals surface area contributed by atoms with Crippen LogP contribution in [-0.2, 0) is 0 Å². The maximum absolute atomic E-state index is 12.5. The van der Waals surface area contributed by atoms with E-state index in [-0.39, 0.29) is 5.91 Å². The van der Waals surface area contributed by atoms with Crippen LogP contribution in [0.1, 0.15) is 48.0 Å². The summed E-state index contributed by atoms with van der Waals surface area (Å²) in [5, 5.41) is 2.88. The van der Waals surface area contributed by atoms with Crippen molar-refractivity contribution >= 4 is 11.7 Å². The van der Waals surface area contributed by atoms with Gasteiger partial charge in [-0.15, -0.1) is 0 Å². The Morgan fingerprint density at radius 3 is 2.75 bits per heavy atom. The lowest BCUT2D eigenvalue weighted by Crippen LogP contribution is -2.18. The third kappa shape index (κ3) is 4.13. The average Bonchev–Trinajstić information content (AvgIpc) is 2.62. The van der Waals surface area contributed by atoms with E-state index in [9.17, 15) is 4.79 Å². The van der Waals surface area contributed by atoms with Crippen molar-refractivity contribution in [1.82, 2.24) is 4.98 Å². The van der Waals surface area contributed by atoms with Gasteiger partial charge in [0.25, 0.3) is 5.91 Å². The van der Waals surface area contributed by atoms with E-state index in [0.29, 0.717) is 29.7 Å². The van der Waals surface area contributed by atoms with Crippen molar-refractivity contribution in [1.29, 1.82) is 0 Å². The first kappa shape index (κ1) is 16.5. The number of rotatable bonds is 5. The van der Waals surface area contributed by atoms with E-state index in [4.69, 9.17) is 4.74 Å². The molecule has 0 atom stereocenters. The van der Waals surface area contributed by atoms with Gasteiger partial charge in [-0.2, -0.15) is 0 Å². The maximum Gasteiger partial charge on any atom is 0.257 e. The van der Waals surface area contributed by atoms with Crippen LogP contribution in [0.2, 0.25) is 0 Å². The topological polar surface area (TPSA) is 51.2 Å². The van der Waals surface area contributed by atoms with Gasteiger partial charge in [0.05, 0.1) is 6.61 Å². The molecule has 4 heteroatoms. The standard InChI is InChI=1S/C20H24N2O2/c1-15-8-5-6-11-17(15)20(23)22-19-18(12-7-13-21-19)24-14-16-9-3-2-4-10-16/h5-8,11-13,16H,2-4,9-10,14H2,1H3,(H,21,22,23). The second-order valence-corrected chi connectivity index (χ2v) is 6.43. The Kier molecular flexibility index (Phi) is 5.47. The molecule has 3 rings (SSSR count). The third-order valence-corrected chi connectivity index (χ3v) is 4.59. The molecule has 0 bridgehead atoms. The molecule has 1 aromatic carbocycles. The number of carbonyl (C=O) groups excluding carboxylic acids is 1. The highest BCUT2D eigenvalue weighted by atomic mass is 16.5. The Morgan fingerprint density at radius 2 is 1.96 bits per heavy atom. The predicted molar refractivity (Wildman–Crippen MR) is 95.4 cm³/mol. The molecule has 1 N–H and O–H groups in total. The summed E-state index contributed by atoms with van der Waals surface area (Å²) < 4.78 is 5.97. The summed E-state index contributed by atoms with van der Waals surface area (Å²) in [6, 6.07) is 11.2. The zero-order valence-electron chi connectivity index (χ0n) is 14.1. The number of nitrogens with one attached hydrogen (secondary N) is 1. The van der Waals surface area contributed by atoms with Crippen LogP contribution < -0.4 is 10.1 Å². The van der Waals surface area contributed by atoms with Crippen molar-refractivity contribution in [3.63, 3.8) is 0 Å². The van der Waals surface area contributed by atoms with Crippen LogP contribution in [0.4, 0.5) is 5.82 Å². The van der Waals surface area contributed by atoms with E-state index >= 15 is 0 Å². The molecule has 126 valence electrons. The van der Waals surface area contributed by atoms with Crippen LogP contribution in [0.15, 0.2) is 42.6 Å². The second kappa shape index (κ2) is 7.95. The second-order valence-electron chi connectivity index (χ2n) is 6.43. The molecule has 1 aliphatic rings. The van der Waals surface area contributed by atoms with Crippen molar-refractivity contribution in [3.05, 3.63) is 53.7 Å². The fourth-order valence-corrected chi connectivity index (χ4v) is 3.16. The van der Waals surface area contributed by atoms with Gasteiger partial charge in [0.1, 0.15) is 0 Å². The molecular formula is C20H24N2O2. The smallest absolute Gasteiger partial charge is 0.257 e. The predicted octanol–water partition coefficient (Wildman–Crippen LogP) is 4.60. The number of aromatic nitrogens is 1. The largest absolute Gasteiger partial charge is 0.489 e. The molecule has 0 radical (unpaired) electrons. The zero-order valence-corrected chi connectivity index (χ0v) is 14.1. The van der Waals surface area contributed by atoms with Crippen molar-refractivity contribution in [2.75, 3.05) is 11.9 Å². The van der Waals surface area contributed by atoms with Crippen molar-refractivity contribution < 1.29 is 9.53 Å². The number of pyridine rings is 1. The van der Waals surface area contributed by atoms with Crippen LogP contribution in [0.3, 0.4) is 0 Å². The van der Waals surface area contributed by atoms with Crippen LogP contribution in [-0.4, -0.2) is 17.5 Å². The lowest BCUT2D eigenvalue weighted by Gasteiger charge is -2.22. The molecule has 1 amide bonds. The zero-order chi connectivity index (χ0) is 16.8. The normalized spacial score (nSPS) is 15.0. The van der Waals surface area contributed by atoms with Crippen molar-refractivity contribution in [3.8, 4) is 5.75 Å². The third-order valence-electron chi connectivity index (χ3n) is 4.59. The fraction of sp³-hybridized carbons (Fsp3) is 0.400. The van der Waals surface area contributed by atoms with E-state index < -0.39 is 0 Å². The van der Waals surface area contributed by atoms with Gasteiger partial charge in [-0.25, -0.2) is 4.98 Å². The minimum Gasteiger partial charge on any atom is -0.489 e. The molecule has 0 unspecified atom stereocenters. The highest BCUT2D eigenvalue weighted by Crippen LogP contribution is 2.27. The van der Waals surface area contributed by atoms with Gasteiger partial charge in [0.2, 0.25) is 0 Å². The van der Waals surface area contributed by atoms with Gasteiger partial charge in [0, 0.05) is 11.8 Å². The Morgan fingerprint density at radius 1 is 1.17 bits per heavy atom. The minimum atomic E-state index is -0.158. The number of aryl methyl sites for hydroxylation is 1. The van der Waals surface area contributed by atoms with Gasteiger partial charge in [-0.1, -0.05) is 37.5 Å². The van der Waals surface area contributed by atoms with Crippen molar-refractivity contribution in [2.24, 2.45) is 5.92 Å². The summed E-state index contributed by atoms with van der Waals surface area (Å²) >= 11 is 0. The van der Waals surface area contributed by atoms with Gasteiger partial charge in [-0.3, -0.25) is 4.79 Å². The monoisotopic (exact) mass is 324 g/mol. The fourth-order valence-electron chi connectivity index (χ4n) is 3.16. The number of benzene rings is 1. The number of amides is 1. The summed E-state index contributed by atoms with van der Waals surface area (Å²) in [5.41, 5.74) is 1.59. The Hall–Kier alpha value is -2.36. The summed E-state index contributed by atoms with van der Waals surface area (Å²) in [5.74, 6) is 1.58. The molecule has 1 heterocycles. The maximum atomic E-state index is 12.5. The molecule has 2 aromatic rings. The van der Waals surface area contributed by atoms with Crippen molar-refractivity contribution in [2.45, 2.75) is 39.0 Å². The summed E-state index contributed by atoms with van der Waals surface area (Å²) in [4.78, 5) is 16.8. The number of anilines is 1. The number of carbonyl (C=O) groups is 1. The quantitative estimate of drug-likeness (QED) is 0.874. The lowest BCUT2D eigenvalue weighted by atomic mass is 9.90. The van der Waals surface area contributed by atoms with Crippen LogP contribution in [0.25, 0.3) is 0 Å². The van der Waals surface area contributed by atoms with Gasteiger partial charge >= 0.3 is 0 Å². The highest BCUT2D eigenvalue weighted by molar-refractivity contribution is 6.05. The first-order valence-corrected chi connectivity index (χ1v) is 8.69.